The maximum absolute atomic E-state index is 11.7. The molecule has 0 radical (unpaired) electrons. The lowest BCUT2D eigenvalue weighted by atomic mass is 10.1. The van der Waals surface area contributed by atoms with Gasteiger partial charge in [0.2, 0.25) is 0 Å². The molecule has 2 amide bonds. The lowest BCUT2D eigenvalue weighted by Crippen LogP contribution is -2.41. The number of nitrogens with one attached hydrogen (secondary N) is 2. The van der Waals surface area contributed by atoms with Crippen LogP contribution in [0.4, 0.5) is 0 Å². The average Bonchev–Trinajstić information content (AvgIpc) is 2.58. The summed E-state index contributed by atoms with van der Waals surface area (Å²) in [5.74, 6) is -0.953. The molecule has 4 N–H and O–H groups in total. The Kier molecular flexibility index (Phi) is 6.19. The van der Waals surface area contributed by atoms with Gasteiger partial charge in [0.25, 0.3) is 0 Å². The molecule has 0 atom stereocenters. The first-order valence-electron chi connectivity index (χ1n) is 7.66. The van der Waals surface area contributed by atoms with Crippen LogP contribution in [-0.4, -0.2) is 35.1 Å². The van der Waals surface area contributed by atoms with Crippen molar-refractivity contribution < 1.29 is 19.8 Å². The Bertz CT molecular complexity index is 620. The highest BCUT2D eigenvalue weighted by molar-refractivity contribution is 6.35. The predicted molar refractivity (Wildman–Crippen MR) is 89.6 cm³/mol. The van der Waals surface area contributed by atoms with Gasteiger partial charge < -0.3 is 20.8 Å². The van der Waals surface area contributed by atoms with Crippen LogP contribution in [0.1, 0.15) is 11.1 Å². The van der Waals surface area contributed by atoms with E-state index in [-0.39, 0.29) is 11.5 Å². The molecule has 0 fully saturated rings. The third-order valence-corrected chi connectivity index (χ3v) is 3.48. The van der Waals surface area contributed by atoms with Gasteiger partial charge in [0.05, 0.1) is 0 Å². The van der Waals surface area contributed by atoms with Crippen molar-refractivity contribution in [2.24, 2.45) is 0 Å². The fourth-order valence-corrected chi connectivity index (χ4v) is 2.13. The number of amides is 2. The second-order valence-corrected chi connectivity index (χ2v) is 5.34. The molecule has 0 spiro atoms. The fraction of sp³-hybridized carbons (Fsp3) is 0.222. The molecule has 2 rings (SSSR count). The minimum atomic E-state index is -0.667. The molecule has 0 aliphatic heterocycles. The zero-order valence-corrected chi connectivity index (χ0v) is 13.2. The number of aromatic hydroxyl groups is 2. The van der Waals surface area contributed by atoms with Crippen molar-refractivity contribution in [1.82, 2.24) is 10.6 Å². The normalized spacial score (nSPS) is 10.2. The maximum atomic E-state index is 11.7. The maximum Gasteiger partial charge on any atom is 0.309 e. The Balaban J connectivity index is 1.65. The Morgan fingerprint density at radius 3 is 1.33 bits per heavy atom. The minimum Gasteiger partial charge on any atom is -0.508 e. The van der Waals surface area contributed by atoms with E-state index in [4.69, 9.17) is 0 Å². The Morgan fingerprint density at radius 1 is 0.667 bits per heavy atom. The molecule has 2 aromatic rings. The molecular formula is C18H20N2O4. The van der Waals surface area contributed by atoms with Crippen molar-refractivity contribution in [3.8, 4) is 11.5 Å². The standard InChI is InChI=1S/C18H20N2O4/c21-15-5-1-13(2-6-15)9-11-19-17(23)18(24)20-12-10-14-3-7-16(22)8-4-14/h1-8,21-22H,9-12H2,(H,19,23)(H,20,24). The van der Waals surface area contributed by atoms with Gasteiger partial charge in [-0.3, -0.25) is 9.59 Å². The second kappa shape index (κ2) is 8.57. The third-order valence-electron chi connectivity index (χ3n) is 3.48. The van der Waals surface area contributed by atoms with Gasteiger partial charge in [-0.25, -0.2) is 0 Å². The van der Waals surface area contributed by atoms with Crippen LogP contribution in [0, 0.1) is 0 Å². The summed E-state index contributed by atoms with van der Waals surface area (Å²) >= 11 is 0. The summed E-state index contributed by atoms with van der Waals surface area (Å²) in [6.45, 7) is 0.685. The number of hydrogen-bond donors (Lipinski definition) is 4. The SMILES string of the molecule is O=C(NCCc1ccc(O)cc1)C(=O)NCCc1ccc(O)cc1. The highest BCUT2D eigenvalue weighted by atomic mass is 16.3. The fourth-order valence-electron chi connectivity index (χ4n) is 2.13. The molecule has 0 unspecified atom stereocenters. The van der Waals surface area contributed by atoms with Crippen molar-refractivity contribution in [2.75, 3.05) is 13.1 Å². The van der Waals surface area contributed by atoms with Gasteiger partial charge in [-0.2, -0.15) is 0 Å². The van der Waals surface area contributed by atoms with Crippen molar-refractivity contribution in [3.05, 3.63) is 59.7 Å². The van der Waals surface area contributed by atoms with Crippen molar-refractivity contribution in [1.29, 1.82) is 0 Å². The van der Waals surface area contributed by atoms with Gasteiger partial charge in [0.1, 0.15) is 11.5 Å². The summed E-state index contributed by atoms with van der Waals surface area (Å²) < 4.78 is 0. The number of carbonyl (C=O) groups excluding carboxylic acids is 2. The van der Waals surface area contributed by atoms with E-state index in [1.807, 2.05) is 0 Å². The summed E-state index contributed by atoms with van der Waals surface area (Å²) in [4.78, 5) is 23.4. The smallest absolute Gasteiger partial charge is 0.309 e. The van der Waals surface area contributed by atoms with Crippen molar-refractivity contribution in [3.63, 3.8) is 0 Å². The topological polar surface area (TPSA) is 98.7 Å². The molecule has 0 aromatic heterocycles. The lowest BCUT2D eigenvalue weighted by Gasteiger charge is -2.07. The van der Waals surface area contributed by atoms with Gasteiger partial charge in [0, 0.05) is 13.1 Å². The van der Waals surface area contributed by atoms with Crippen LogP contribution < -0.4 is 10.6 Å². The van der Waals surface area contributed by atoms with Crippen LogP contribution in [0.25, 0.3) is 0 Å². The van der Waals surface area contributed by atoms with Crippen LogP contribution in [0.3, 0.4) is 0 Å². The first-order chi connectivity index (χ1) is 11.5. The highest BCUT2D eigenvalue weighted by Gasteiger charge is 2.11. The lowest BCUT2D eigenvalue weighted by molar-refractivity contribution is -0.139. The monoisotopic (exact) mass is 328 g/mol. The van der Waals surface area contributed by atoms with Gasteiger partial charge in [-0.1, -0.05) is 24.3 Å². The number of rotatable bonds is 6. The summed E-state index contributed by atoms with van der Waals surface area (Å²) in [6, 6.07) is 13.4. The van der Waals surface area contributed by atoms with E-state index in [2.05, 4.69) is 10.6 Å². The van der Waals surface area contributed by atoms with Crippen LogP contribution in [-0.2, 0) is 22.4 Å². The third kappa shape index (κ3) is 5.64. The van der Waals surface area contributed by atoms with Crippen LogP contribution in [0.2, 0.25) is 0 Å². The summed E-state index contributed by atoms with van der Waals surface area (Å²) in [5, 5.41) is 23.5. The largest absolute Gasteiger partial charge is 0.508 e. The molecule has 0 aliphatic rings. The Labute approximate surface area is 140 Å². The van der Waals surface area contributed by atoms with E-state index >= 15 is 0 Å². The molecule has 0 heterocycles. The molecule has 6 nitrogen and oxygen atoms in total. The molecule has 0 saturated carbocycles. The van der Waals surface area contributed by atoms with E-state index in [1.165, 1.54) is 0 Å². The highest BCUT2D eigenvalue weighted by Crippen LogP contribution is 2.10. The van der Waals surface area contributed by atoms with Crippen molar-refractivity contribution in [2.45, 2.75) is 12.8 Å². The number of carbonyl (C=O) groups is 2. The average molecular weight is 328 g/mol. The molecule has 0 bridgehead atoms. The van der Waals surface area contributed by atoms with Crippen molar-refractivity contribution >= 4 is 11.8 Å². The van der Waals surface area contributed by atoms with Crippen LogP contribution in [0.15, 0.2) is 48.5 Å². The molecule has 24 heavy (non-hydrogen) atoms. The first kappa shape index (κ1) is 17.3. The van der Waals surface area contributed by atoms with E-state index in [0.29, 0.717) is 25.9 Å². The molecule has 0 aliphatic carbocycles. The second-order valence-electron chi connectivity index (χ2n) is 5.34. The Morgan fingerprint density at radius 2 is 1.00 bits per heavy atom. The number of phenolic OH excluding ortho intramolecular Hbond substituents is 2. The summed E-state index contributed by atoms with van der Waals surface area (Å²) in [5.41, 5.74) is 1.92. The van der Waals surface area contributed by atoms with Crippen LogP contribution in [0.5, 0.6) is 11.5 Å². The quantitative estimate of drug-likeness (QED) is 0.597. The van der Waals surface area contributed by atoms with E-state index in [9.17, 15) is 19.8 Å². The van der Waals surface area contributed by atoms with Gasteiger partial charge >= 0.3 is 11.8 Å². The zero-order valence-electron chi connectivity index (χ0n) is 13.2. The predicted octanol–water partition coefficient (Wildman–Crippen LogP) is 1.12. The van der Waals surface area contributed by atoms with Gasteiger partial charge in [-0.15, -0.1) is 0 Å². The molecule has 6 heteroatoms. The van der Waals surface area contributed by atoms with Gasteiger partial charge in [-0.05, 0) is 48.2 Å². The minimum absolute atomic E-state index is 0.191. The van der Waals surface area contributed by atoms with E-state index in [0.717, 1.165) is 11.1 Å². The first-order valence-corrected chi connectivity index (χ1v) is 7.66. The molecule has 2 aromatic carbocycles. The van der Waals surface area contributed by atoms with Gasteiger partial charge in [0.15, 0.2) is 0 Å². The summed E-state index contributed by atoms with van der Waals surface area (Å²) in [7, 11) is 0. The number of phenols is 2. The molecule has 126 valence electrons. The zero-order chi connectivity index (χ0) is 17.4. The summed E-state index contributed by atoms with van der Waals surface area (Å²) in [6.07, 6.45) is 1.15. The van der Waals surface area contributed by atoms with E-state index in [1.54, 1.807) is 48.5 Å². The Hall–Kier alpha value is -3.02. The number of hydrogen-bond acceptors (Lipinski definition) is 4. The van der Waals surface area contributed by atoms with E-state index < -0.39 is 11.8 Å². The molecule has 0 saturated heterocycles. The number of benzene rings is 2. The molecular weight excluding hydrogens is 308 g/mol. The van der Waals surface area contributed by atoms with Crippen LogP contribution >= 0.6 is 0 Å².